The third-order valence-electron chi connectivity index (χ3n) is 1.67. The molecule has 2 rings (SSSR count). The molecular formula is C9H6BrClN2S. The zero-order valence-electron chi connectivity index (χ0n) is 7.08. The van der Waals surface area contributed by atoms with E-state index in [0.717, 1.165) is 20.9 Å². The van der Waals surface area contributed by atoms with Gasteiger partial charge in [-0.3, -0.25) is 0 Å². The van der Waals surface area contributed by atoms with Gasteiger partial charge in [0.1, 0.15) is 5.01 Å². The van der Waals surface area contributed by atoms with Crippen molar-refractivity contribution < 1.29 is 0 Å². The van der Waals surface area contributed by atoms with E-state index in [1.54, 1.807) is 0 Å². The van der Waals surface area contributed by atoms with Crippen LogP contribution in [-0.2, 0) is 5.88 Å². The maximum absolute atomic E-state index is 5.66. The molecule has 1 aromatic heterocycles. The fraction of sp³-hybridized carbons (Fsp3) is 0.111. The number of rotatable bonds is 2. The van der Waals surface area contributed by atoms with Crippen molar-refractivity contribution in [2.75, 3.05) is 0 Å². The molecule has 0 unspecified atom stereocenters. The molecule has 14 heavy (non-hydrogen) atoms. The first-order valence-corrected chi connectivity index (χ1v) is 6.04. The molecule has 0 amide bonds. The fourth-order valence-corrected chi connectivity index (χ4v) is 2.17. The number of benzene rings is 1. The number of halogens is 2. The van der Waals surface area contributed by atoms with E-state index in [0.29, 0.717) is 5.88 Å². The number of nitrogens with zero attached hydrogens (tertiary/aromatic N) is 2. The molecule has 0 fully saturated rings. The molecule has 0 saturated carbocycles. The molecule has 0 aliphatic rings. The highest BCUT2D eigenvalue weighted by Gasteiger charge is 2.05. The van der Waals surface area contributed by atoms with Crippen molar-refractivity contribution in [2.24, 2.45) is 0 Å². The van der Waals surface area contributed by atoms with Crippen LogP contribution in [0, 0.1) is 0 Å². The summed E-state index contributed by atoms with van der Waals surface area (Å²) in [5.74, 6) is 1.16. The van der Waals surface area contributed by atoms with Gasteiger partial charge < -0.3 is 0 Å². The van der Waals surface area contributed by atoms with Crippen molar-refractivity contribution in [1.29, 1.82) is 0 Å². The second-order valence-electron chi connectivity index (χ2n) is 2.66. The first kappa shape index (κ1) is 10.1. The van der Waals surface area contributed by atoms with Gasteiger partial charge in [-0.1, -0.05) is 28.1 Å². The van der Waals surface area contributed by atoms with E-state index >= 15 is 0 Å². The highest BCUT2D eigenvalue weighted by Crippen LogP contribution is 2.22. The molecule has 0 aliphatic heterocycles. The predicted molar refractivity (Wildman–Crippen MR) is 62.6 cm³/mol. The lowest BCUT2D eigenvalue weighted by Crippen LogP contribution is -1.81. The van der Waals surface area contributed by atoms with Gasteiger partial charge in [0, 0.05) is 10.0 Å². The molecular weight excluding hydrogens is 284 g/mol. The molecule has 2 aromatic rings. The minimum Gasteiger partial charge on any atom is -0.218 e. The van der Waals surface area contributed by atoms with E-state index in [4.69, 9.17) is 11.6 Å². The zero-order chi connectivity index (χ0) is 9.97. The standard InChI is InChI=1S/C9H6BrClN2S/c10-7-3-1-2-6(4-7)9-12-8(5-11)14-13-9/h1-4H,5H2. The minimum atomic E-state index is 0.422. The summed E-state index contributed by atoms with van der Waals surface area (Å²) in [5, 5.41) is 0.849. The first-order valence-electron chi connectivity index (χ1n) is 3.94. The Morgan fingerprint density at radius 1 is 1.43 bits per heavy atom. The van der Waals surface area contributed by atoms with E-state index in [1.807, 2.05) is 24.3 Å². The third-order valence-corrected chi connectivity index (χ3v) is 3.28. The summed E-state index contributed by atoms with van der Waals surface area (Å²) in [7, 11) is 0. The summed E-state index contributed by atoms with van der Waals surface area (Å²) >= 11 is 10.4. The molecule has 2 nitrogen and oxygen atoms in total. The van der Waals surface area contributed by atoms with Crippen molar-refractivity contribution in [1.82, 2.24) is 9.36 Å². The van der Waals surface area contributed by atoms with E-state index < -0.39 is 0 Å². The quantitative estimate of drug-likeness (QED) is 0.788. The van der Waals surface area contributed by atoms with Gasteiger partial charge in [-0.2, -0.15) is 4.37 Å². The van der Waals surface area contributed by atoms with E-state index in [-0.39, 0.29) is 0 Å². The van der Waals surface area contributed by atoms with Crippen molar-refractivity contribution in [3.8, 4) is 11.4 Å². The van der Waals surface area contributed by atoms with Crippen molar-refractivity contribution in [3.05, 3.63) is 33.7 Å². The predicted octanol–water partition coefficient (Wildman–Crippen LogP) is 3.71. The summed E-state index contributed by atoms with van der Waals surface area (Å²) in [6, 6.07) is 7.89. The van der Waals surface area contributed by atoms with Gasteiger partial charge in [-0.05, 0) is 23.7 Å². The Balaban J connectivity index is 2.39. The molecule has 0 radical (unpaired) electrons. The summed E-state index contributed by atoms with van der Waals surface area (Å²) in [4.78, 5) is 4.29. The van der Waals surface area contributed by atoms with Crippen LogP contribution in [0.5, 0.6) is 0 Å². The molecule has 0 bridgehead atoms. The summed E-state index contributed by atoms with van der Waals surface area (Å²) < 4.78 is 5.25. The Bertz CT molecular complexity index is 444. The zero-order valence-corrected chi connectivity index (χ0v) is 10.2. The van der Waals surface area contributed by atoms with E-state index in [1.165, 1.54) is 11.5 Å². The largest absolute Gasteiger partial charge is 0.218 e. The van der Waals surface area contributed by atoms with Crippen LogP contribution in [0.4, 0.5) is 0 Å². The minimum absolute atomic E-state index is 0.422. The molecule has 5 heteroatoms. The molecule has 1 heterocycles. The highest BCUT2D eigenvalue weighted by molar-refractivity contribution is 9.10. The van der Waals surface area contributed by atoms with Crippen LogP contribution in [0.1, 0.15) is 5.01 Å². The number of hydrogen-bond acceptors (Lipinski definition) is 3. The van der Waals surface area contributed by atoms with Crippen LogP contribution in [0.3, 0.4) is 0 Å². The maximum Gasteiger partial charge on any atom is 0.173 e. The van der Waals surface area contributed by atoms with E-state index in [9.17, 15) is 0 Å². The van der Waals surface area contributed by atoms with Gasteiger partial charge in [0.2, 0.25) is 0 Å². The Morgan fingerprint density at radius 3 is 2.93 bits per heavy atom. The lowest BCUT2D eigenvalue weighted by Gasteiger charge is -1.94. The van der Waals surface area contributed by atoms with Crippen molar-refractivity contribution >= 4 is 39.1 Å². The van der Waals surface area contributed by atoms with Gasteiger partial charge in [0.05, 0.1) is 5.88 Å². The molecule has 0 aliphatic carbocycles. The second kappa shape index (κ2) is 4.38. The average molecular weight is 290 g/mol. The monoisotopic (exact) mass is 288 g/mol. The highest BCUT2D eigenvalue weighted by atomic mass is 79.9. The Labute approximate surface area is 99.2 Å². The van der Waals surface area contributed by atoms with Gasteiger partial charge in [-0.15, -0.1) is 11.6 Å². The number of hydrogen-bond donors (Lipinski definition) is 0. The van der Waals surface area contributed by atoms with Gasteiger partial charge >= 0.3 is 0 Å². The molecule has 72 valence electrons. The van der Waals surface area contributed by atoms with Crippen LogP contribution in [0.25, 0.3) is 11.4 Å². The van der Waals surface area contributed by atoms with Crippen LogP contribution in [0.2, 0.25) is 0 Å². The Morgan fingerprint density at radius 2 is 2.29 bits per heavy atom. The van der Waals surface area contributed by atoms with Gasteiger partial charge in [-0.25, -0.2) is 4.98 Å². The topological polar surface area (TPSA) is 25.8 Å². The van der Waals surface area contributed by atoms with Crippen LogP contribution < -0.4 is 0 Å². The van der Waals surface area contributed by atoms with Crippen molar-refractivity contribution in [2.45, 2.75) is 5.88 Å². The van der Waals surface area contributed by atoms with Crippen LogP contribution in [-0.4, -0.2) is 9.36 Å². The van der Waals surface area contributed by atoms with Crippen molar-refractivity contribution in [3.63, 3.8) is 0 Å². The third kappa shape index (κ3) is 2.13. The van der Waals surface area contributed by atoms with Gasteiger partial charge in [0.25, 0.3) is 0 Å². The number of aromatic nitrogens is 2. The second-order valence-corrected chi connectivity index (χ2v) is 4.68. The lowest BCUT2D eigenvalue weighted by molar-refractivity contribution is 1.23. The normalized spacial score (nSPS) is 10.4. The van der Waals surface area contributed by atoms with Gasteiger partial charge in [0.15, 0.2) is 5.82 Å². The van der Waals surface area contributed by atoms with Crippen LogP contribution in [0.15, 0.2) is 28.7 Å². The van der Waals surface area contributed by atoms with Crippen LogP contribution >= 0.6 is 39.1 Å². The lowest BCUT2D eigenvalue weighted by atomic mass is 10.2. The summed E-state index contributed by atoms with van der Waals surface area (Å²) in [6.07, 6.45) is 0. The average Bonchev–Trinajstić information content (AvgIpc) is 2.66. The smallest absolute Gasteiger partial charge is 0.173 e. The van der Waals surface area contributed by atoms with E-state index in [2.05, 4.69) is 25.3 Å². The number of alkyl halides is 1. The first-order chi connectivity index (χ1) is 6.79. The Hall–Kier alpha value is -0.450. The molecule has 0 spiro atoms. The molecule has 0 atom stereocenters. The maximum atomic E-state index is 5.66. The summed E-state index contributed by atoms with van der Waals surface area (Å²) in [6.45, 7) is 0. The molecule has 0 N–H and O–H groups in total. The fourth-order valence-electron chi connectivity index (χ4n) is 1.05. The Kier molecular flexibility index (Phi) is 3.15. The molecule has 0 saturated heterocycles. The molecule has 1 aromatic carbocycles. The summed E-state index contributed by atoms with van der Waals surface area (Å²) in [5.41, 5.74) is 1.01. The SMILES string of the molecule is ClCc1nc(-c2cccc(Br)c2)ns1.